The third-order valence-electron chi connectivity index (χ3n) is 2.00. The lowest BCUT2D eigenvalue weighted by Crippen LogP contribution is -2.24. The lowest BCUT2D eigenvalue weighted by Gasteiger charge is -2.10. The molecular weight excluding hydrogens is 196 g/mol. The van der Waals surface area contributed by atoms with E-state index in [1.54, 1.807) is 0 Å². The van der Waals surface area contributed by atoms with Crippen LogP contribution in [0.4, 0.5) is 0 Å². The highest BCUT2D eigenvalue weighted by molar-refractivity contribution is 6.31. The Hall–Kier alpha value is -1.04. The maximum atomic E-state index is 8.47. The molecule has 0 aliphatic carbocycles. The summed E-state index contributed by atoms with van der Waals surface area (Å²) in [5, 5.41) is 12.5. The molecule has 0 aliphatic rings. The van der Waals surface area contributed by atoms with Gasteiger partial charge in [-0.05, 0) is 18.6 Å². The van der Waals surface area contributed by atoms with Gasteiger partial charge in [0.25, 0.3) is 0 Å². The van der Waals surface area contributed by atoms with Gasteiger partial charge in [-0.25, -0.2) is 0 Å². The summed E-state index contributed by atoms with van der Waals surface area (Å²) in [6, 6.07) is 10.0. The third-order valence-corrected chi connectivity index (χ3v) is 2.37. The van der Waals surface area contributed by atoms with Crippen LogP contribution in [0.5, 0.6) is 0 Å². The van der Waals surface area contributed by atoms with E-state index in [0.717, 1.165) is 10.6 Å². The molecule has 1 rings (SSSR count). The van der Waals surface area contributed by atoms with E-state index in [-0.39, 0.29) is 6.04 Å². The van der Waals surface area contributed by atoms with Gasteiger partial charge in [0.05, 0.1) is 12.5 Å². The number of nitrogens with one attached hydrogen (secondary N) is 1. The minimum atomic E-state index is 0.205. The van der Waals surface area contributed by atoms with E-state index in [9.17, 15) is 0 Å². The molecule has 0 saturated carbocycles. The number of hydrogen-bond donors (Lipinski definition) is 1. The van der Waals surface area contributed by atoms with Crippen molar-refractivity contribution in [2.24, 2.45) is 0 Å². The Morgan fingerprint density at radius 1 is 1.50 bits per heavy atom. The van der Waals surface area contributed by atoms with Crippen LogP contribution in [-0.4, -0.2) is 6.04 Å². The zero-order valence-corrected chi connectivity index (χ0v) is 8.88. The van der Waals surface area contributed by atoms with Crippen LogP contribution in [0.25, 0.3) is 0 Å². The molecule has 14 heavy (non-hydrogen) atoms. The number of nitrogens with zero attached hydrogens (tertiary/aromatic N) is 1. The average molecular weight is 209 g/mol. The van der Waals surface area contributed by atoms with Crippen LogP contribution in [0.15, 0.2) is 24.3 Å². The largest absolute Gasteiger partial charge is 0.309 e. The van der Waals surface area contributed by atoms with E-state index in [1.807, 2.05) is 31.2 Å². The normalized spacial score (nSPS) is 12.1. The fraction of sp³-hybridized carbons (Fsp3) is 0.364. The molecule has 1 N–H and O–H groups in total. The van der Waals surface area contributed by atoms with Gasteiger partial charge in [0.15, 0.2) is 0 Å². The minimum Gasteiger partial charge on any atom is -0.309 e. The SMILES string of the molecule is CC(CC#N)NCc1ccccc1Cl. The van der Waals surface area contributed by atoms with Gasteiger partial charge >= 0.3 is 0 Å². The van der Waals surface area contributed by atoms with E-state index in [1.165, 1.54) is 0 Å². The Bertz CT molecular complexity index is 330. The van der Waals surface area contributed by atoms with Gasteiger partial charge in [-0.3, -0.25) is 0 Å². The summed E-state index contributed by atoms with van der Waals surface area (Å²) in [6.45, 7) is 2.70. The first kappa shape index (κ1) is 11.0. The number of benzene rings is 1. The van der Waals surface area contributed by atoms with Crippen LogP contribution in [0, 0.1) is 11.3 Å². The fourth-order valence-electron chi connectivity index (χ4n) is 1.14. The molecule has 0 saturated heterocycles. The molecule has 0 aliphatic heterocycles. The van der Waals surface area contributed by atoms with Crippen molar-refractivity contribution >= 4 is 11.6 Å². The van der Waals surface area contributed by atoms with Gasteiger partial charge in [0, 0.05) is 17.6 Å². The highest BCUT2D eigenvalue weighted by Gasteiger charge is 2.02. The van der Waals surface area contributed by atoms with Crippen molar-refractivity contribution in [2.75, 3.05) is 0 Å². The number of rotatable bonds is 4. The summed E-state index contributed by atoms with van der Waals surface area (Å²) >= 11 is 5.98. The fourth-order valence-corrected chi connectivity index (χ4v) is 1.34. The molecule has 0 heterocycles. The summed E-state index contributed by atoms with van der Waals surface area (Å²) < 4.78 is 0. The first-order valence-electron chi connectivity index (χ1n) is 4.57. The predicted molar refractivity (Wildman–Crippen MR) is 58.0 cm³/mol. The Labute approximate surface area is 89.5 Å². The van der Waals surface area contributed by atoms with E-state index in [2.05, 4.69) is 11.4 Å². The molecule has 1 unspecified atom stereocenters. The highest BCUT2D eigenvalue weighted by Crippen LogP contribution is 2.14. The summed E-state index contributed by atoms with van der Waals surface area (Å²) in [7, 11) is 0. The molecule has 0 amide bonds. The molecule has 0 radical (unpaired) electrons. The van der Waals surface area contributed by atoms with Crippen molar-refractivity contribution in [3.05, 3.63) is 34.9 Å². The standard InChI is InChI=1S/C11H13ClN2/c1-9(6-7-13)14-8-10-4-2-3-5-11(10)12/h2-5,9,14H,6,8H2,1H3. The summed E-state index contributed by atoms with van der Waals surface area (Å²) in [4.78, 5) is 0. The van der Waals surface area contributed by atoms with Crippen molar-refractivity contribution in [2.45, 2.75) is 25.9 Å². The molecule has 1 atom stereocenters. The molecule has 2 nitrogen and oxygen atoms in total. The van der Waals surface area contributed by atoms with Crippen molar-refractivity contribution in [3.8, 4) is 6.07 Å². The third kappa shape index (κ3) is 3.37. The van der Waals surface area contributed by atoms with Gasteiger partial charge in [0.1, 0.15) is 0 Å². The number of nitriles is 1. The molecule has 1 aromatic rings. The molecule has 0 fully saturated rings. The van der Waals surface area contributed by atoms with Gasteiger partial charge in [0.2, 0.25) is 0 Å². The predicted octanol–water partition coefficient (Wildman–Crippen LogP) is 2.73. The van der Waals surface area contributed by atoms with Gasteiger partial charge < -0.3 is 5.32 Å². The van der Waals surface area contributed by atoms with E-state index in [0.29, 0.717) is 13.0 Å². The van der Waals surface area contributed by atoms with Crippen LogP contribution in [0.2, 0.25) is 5.02 Å². The van der Waals surface area contributed by atoms with Crippen LogP contribution >= 0.6 is 11.6 Å². The Kier molecular flexibility index (Phi) is 4.45. The molecule has 1 aromatic carbocycles. The second kappa shape index (κ2) is 5.64. The van der Waals surface area contributed by atoms with Gasteiger partial charge in [-0.2, -0.15) is 5.26 Å². The average Bonchev–Trinajstić information content (AvgIpc) is 2.17. The smallest absolute Gasteiger partial charge is 0.0638 e. The first-order valence-corrected chi connectivity index (χ1v) is 4.95. The monoisotopic (exact) mass is 208 g/mol. The molecule has 0 bridgehead atoms. The van der Waals surface area contributed by atoms with Crippen molar-refractivity contribution in [3.63, 3.8) is 0 Å². The van der Waals surface area contributed by atoms with Crippen LogP contribution in [0.1, 0.15) is 18.9 Å². The number of hydrogen-bond acceptors (Lipinski definition) is 2. The summed E-state index contributed by atoms with van der Waals surface area (Å²) in [6.07, 6.45) is 0.518. The van der Waals surface area contributed by atoms with Crippen molar-refractivity contribution in [1.29, 1.82) is 5.26 Å². The topological polar surface area (TPSA) is 35.8 Å². The quantitative estimate of drug-likeness (QED) is 0.826. The van der Waals surface area contributed by atoms with Crippen LogP contribution < -0.4 is 5.32 Å². The first-order chi connectivity index (χ1) is 6.74. The molecular formula is C11H13ClN2. The van der Waals surface area contributed by atoms with E-state index < -0.39 is 0 Å². The summed E-state index contributed by atoms with van der Waals surface area (Å²) in [5.74, 6) is 0. The van der Waals surface area contributed by atoms with Gasteiger partial charge in [-0.15, -0.1) is 0 Å². The molecule has 74 valence electrons. The van der Waals surface area contributed by atoms with Crippen molar-refractivity contribution < 1.29 is 0 Å². The second-order valence-electron chi connectivity index (χ2n) is 3.24. The Balaban J connectivity index is 2.46. The maximum Gasteiger partial charge on any atom is 0.0638 e. The Morgan fingerprint density at radius 2 is 2.21 bits per heavy atom. The zero-order chi connectivity index (χ0) is 10.4. The van der Waals surface area contributed by atoms with Crippen LogP contribution in [-0.2, 0) is 6.54 Å². The Morgan fingerprint density at radius 3 is 2.86 bits per heavy atom. The van der Waals surface area contributed by atoms with Crippen LogP contribution in [0.3, 0.4) is 0 Å². The highest BCUT2D eigenvalue weighted by atomic mass is 35.5. The molecule has 0 aromatic heterocycles. The zero-order valence-electron chi connectivity index (χ0n) is 8.13. The van der Waals surface area contributed by atoms with E-state index in [4.69, 9.17) is 16.9 Å². The minimum absolute atomic E-state index is 0.205. The second-order valence-corrected chi connectivity index (χ2v) is 3.64. The lowest BCUT2D eigenvalue weighted by atomic mass is 10.2. The number of halogens is 1. The van der Waals surface area contributed by atoms with E-state index >= 15 is 0 Å². The molecule has 0 spiro atoms. The lowest BCUT2D eigenvalue weighted by molar-refractivity contribution is 0.557. The summed E-state index contributed by atoms with van der Waals surface area (Å²) in [5.41, 5.74) is 1.07. The van der Waals surface area contributed by atoms with Crippen molar-refractivity contribution in [1.82, 2.24) is 5.32 Å². The van der Waals surface area contributed by atoms with Gasteiger partial charge in [-0.1, -0.05) is 29.8 Å². The maximum absolute atomic E-state index is 8.47. The molecule has 3 heteroatoms.